The van der Waals surface area contributed by atoms with Crippen LogP contribution in [0.1, 0.15) is 23.2 Å². The van der Waals surface area contributed by atoms with Gasteiger partial charge in [-0.15, -0.1) is 22.7 Å². The average Bonchev–Trinajstić information content (AvgIpc) is 3.25. The van der Waals surface area contributed by atoms with Crippen molar-refractivity contribution >= 4 is 54.2 Å². The van der Waals surface area contributed by atoms with E-state index in [2.05, 4.69) is 57.8 Å². The molecule has 4 heteroatoms. The van der Waals surface area contributed by atoms with E-state index in [0.717, 1.165) is 0 Å². The first-order valence-corrected chi connectivity index (χ1v) is 9.18. The van der Waals surface area contributed by atoms with Crippen LogP contribution >= 0.6 is 22.7 Å². The summed E-state index contributed by atoms with van der Waals surface area (Å²) in [5, 5.41) is 14.5. The molecule has 2 nitrogen and oxygen atoms in total. The molecule has 0 radical (unpaired) electrons. The monoisotopic (exact) mass is 320 g/mol. The number of hydrogen-bond acceptors (Lipinski definition) is 4. The summed E-state index contributed by atoms with van der Waals surface area (Å²) in [6.45, 7) is 0. The summed E-state index contributed by atoms with van der Waals surface area (Å²) in [6.07, 6.45) is 0. The van der Waals surface area contributed by atoms with Gasteiger partial charge in [-0.1, -0.05) is 0 Å². The van der Waals surface area contributed by atoms with Gasteiger partial charge < -0.3 is 10.6 Å². The molecule has 2 aliphatic rings. The summed E-state index contributed by atoms with van der Waals surface area (Å²) < 4.78 is 2.75. The Morgan fingerprint density at radius 2 is 1.18 bits per heavy atom. The van der Waals surface area contributed by atoms with Crippen molar-refractivity contribution in [3.05, 3.63) is 58.3 Å². The van der Waals surface area contributed by atoms with Gasteiger partial charge in [-0.25, -0.2) is 0 Å². The molecule has 2 N–H and O–H groups in total. The molecule has 0 saturated carbocycles. The van der Waals surface area contributed by atoms with E-state index in [1.54, 1.807) is 0 Å². The second-order valence-electron chi connectivity index (χ2n) is 6.04. The quantitative estimate of drug-likeness (QED) is 0.431. The molecule has 0 aliphatic carbocycles. The normalized spacial score (nSPS) is 21.5. The molecule has 4 aromatic rings. The highest BCUT2D eigenvalue weighted by atomic mass is 32.1. The maximum Gasteiger partial charge on any atom is 0.0778 e. The fraction of sp³-hybridized carbons (Fsp3) is 0.111. The van der Waals surface area contributed by atoms with E-state index in [4.69, 9.17) is 0 Å². The van der Waals surface area contributed by atoms with E-state index in [1.807, 2.05) is 22.7 Å². The number of benzene rings is 2. The Hall–Kier alpha value is -2.04. The number of thiophene rings is 2. The largest absolute Gasteiger partial charge is 0.375 e. The molecule has 0 spiro atoms. The maximum absolute atomic E-state index is 3.74. The first-order chi connectivity index (χ1) is 10.9. The molecule has 2 aromatic carbocycles. The third-order valence-electron chi connectivity index (χ3n) is 4.87. The van der Waals surface area contributed by atoms with Crippen LogP contribution < -0.4 is 10.6 Å². The van der Waals surface area contributed by atoms with Crippen molar-refractivity contribution in [2.45, 2.75) is 12.1 Å². The van der Waals surface area contributed by atoms with Crippen LogP contribution in [-0.4, -0.2) is 0 Å². The fourth-order valence-electron chi connectivity index (χ4n) is 3.83. The predicted octanol–water partition coefficient (Wildman–Crippen LogP) is 5.75. The lowest BCUT2D eigenvalue weighted by Crippen LogP contribution is -2.08. The van der Waals surface area contributed by atoms with Crippen LogP contribution in [0.3, 0.4) is 0 Å². The minimum absolute atomic E-state index is 0.355. The lowest BCUT2D eigenvalue weighted by molar-refractivity contribution is 0.736. The Balaban J connectivity index is 1.55. The number of rotatable bonds is 0. The first kappa shape index (κ1) is 11.5. The standard InChI is InChI=1S/C18H12N2S2/c1-3-21-15-7-11-13(5-9(1)15)19-18-12-8-16-10(2-4-22-16)6-14(12)20-17(11)18/h1-8,17-20H. The van der Waals surface area contributed by atoms with Gasteiger partial charge >= 0.3 is 0 Å². The molecule has 0 amide bonds. The molecule has 2 atom stereocenters. The van der Waals surface area contributed by atoms with Gasteiger partial charge in [-0.2, -0.15) is 0 Å². The van der Waals surface area contributed by atoms with E-state index in [9.17, 15) is 0 Å². The summed E-state index contributed by atoms with van der Waals surface area (Å²) in [7, 11) is 0. The van der Waals surface area contributed by atoms with Crippen LogP contribution in [0.5, 0.6) is 0 Å². The van der Waals surface area contributed by atoms with Gasteiger partial charge in [0.1, 0.15) is 0 Å². The van der Waals surface area contributed by atoms with E-state index >= 15 is 0 Å². The van der Waals surface area contributed by atoms with Gasteiger partial charge in [0, 0.05) is 31.9 Å². The molecule has 2 aliphatic heterocycles. The highest BCUT2D eigenvalue weighted by Gasteiger charge is 2.40. The number of hydrogen-bond donors (Lipinski definition) is 2. The predicted molar refractivity (Wildman–Crippen MR) is 96.4 cm³/mol. The van der Waals surface area contributed by atoms with E-state index in [-0.39, 0.29) is 0 Å². The molecule has 0 bridgehead atoms. The Morgan fingerprint density at radius 1 is 0.682 bits per heavy atom. The Morgan fingerprint density at radius 3 is 1.68 bits per heavy atom. The molecule has 0 fully saturated rings. The van der Waals surface area contributed by atoms with Crippen LogP contribution in [0.25, 0.3) is 20.2 Å². The van der Waals surface area contributed by atoms with Gasteiger partial charge in [0.15, 0.2) is 0 Å². The van der Waals surface area contributed by atoms with Gasteiger partial charge in [0.25, 0.3) is 0 Å². The van der Waals surface area contributed by atoms with E-state index in [1.165, 1.54) is 42.7 Å². The van der Waals surface area contributed by atoms with Gasteiger partial charge in [0.05, 0.1) is 12.1 Å². The molecule has 106 valence electrons. The SMILES string of the molecule is c1cc2cc3c(cc2s1)C1Nc2cc4ccsc4cc2C1N3. The summed E-state index contributed by atoms with van der Waals surface area (Å²) in [4.78, 5) is 0. The maximum atomic E-state index is 3.74. The third kappa shape index (κ3) is 1.35. The summed E-state index contributed by atoms with van der Waals surface area (Å²) in [5.74, 6) is 0. The molecular formula is C18H12N2S2. The highest BCUT2D eigenvalue weighted by Crippen LogP contribution is 2.53. The Labute approximate surface area is 135 Å². The minimum atomic E-state index is 0.355. The first-order valence-electron chi connectivity index (χ1n) is 7.42. The van der Waals surface area contributed by atoms with Gasteiger partial charge in [0.2, 0.25) is 0 Å². The molecule has 6 rings (SSSR count). The third-order valence-corrected chi connectivity index (χ3v) is 6.63. The second kappa shape index (κ2) is 3.83. The molecule has 2 aromatic heterocycles. The van der Waals surface area contributed by atoms with Gasteiger partial charge in [-0.05, 0) is 57.9 Å². The van der Waals surface area contributed by atoms with Crippen molar-refractivity contribution in [2.24, 2.45) is 0 Å². The summed E-state index contributed by atoms with van der Waals surface area (Å²) >= 11 is 3.64. The molecule has 0 saturated heterocycles. The second-order valence-corrected chi connectivity index (χ2v) is 7.94. The minimum Gasteiger partial charge on any atom is -0.375 e. The zero-order valence-corrected chi connectivity index (χ0v) is 13.2. The van der Waals surface area contributed by atoms with Crippen molar-refractivity contribution in [3.63, 3.8) is 0 Å². The van der Waals surface area contributed by atoms with Crippen LogP contribution in [-0.2, 0) is 0 Å². The van der Waals surface area contributed by atoms with Crippen LogP contribution in [0, 0.1) is 0 Å². The molecular weight excluding hydrogens is 308 g/mol. The molecule has 4 heterocycles. The van der Waals surface area contributed by atoms with Crippen molar-refractivity contribution < 1.29 is 0 Å². The fourth-order valence-corrected chi connectivity index (χ4v) is 5.47. The van der Waals surface area contributed by atoms with Crippen molar-refractivity contribution in [1.82, 2.24) is 0 Å². The summed E-state index contributed by atoms with van der Waals surface area (Å²) in [5.41, 5.74) is 5.37. The molecule has 2 unspecified atom stereocenters. The van der Waals surface area contributed by atoms with Crippen LogP contribution in [0.2, 0.25) is 0 Å². The van der Waals surface area contributed by atoms with Crippen LogP contribution in [0.15, 0.2) is 47.2 Å². The lowest BCUT2D eigenvalue weighted by Gasteiger charge is -2.10. The topological polar surface area (TPSA) is 24.1 Å². The average molecular weight is 320 g/mol. The van der Waals surface area contributed by atoms with Gasteiger partial charge in [-0.3, -0.25) is 0 Å². The van der Waals surface area contributed by atoms with Crippen molar-refractivity contribution in [2.75, 3.05) is 10.6 Å². The Kier molecular flexibility index (Phi) is 2.01. The lowest BCUT2D eigenvalue weighted by atomic mass is 10.0. The number of fused-ring (bicyclic) bond motifs is 7. The van der Waals surface area contributed by atoms with Crippen molar-refractivity contribution in [1.29, 1.82) is 0 Å². The molecule has 22 heavy (non-hydrogen) atoms. The number of anilines is 2. The van der Waals surface area contributed by atoms with E-state index < -0.39 is 0 Å². The summed E-state index contributed by atoms with van der Waals surface area (Å²) in [6, 6.07) is 14.4. The zero-order valence-electron chi connectivity index (χ0n) is 11.6. The van der Waals surface area contributed by atoms with E-state index in [0.29, 0.717) is 12.1 Å². The number of nitrogens with one attached hydrogen (secondary N) is 2. The zero-order chi connectivity index (χ0) is 14.3. The van der Waals surface area contributed by atoms with Crippen LogP contribution in [0.4, 0.5) is 11.4 Å². The Bertz CT molecular complexity index is 974. The van der Waals surface area contributed by atoms with Crippen molar-refractivity contribution in [3.8, 4) is 0 Å². The smallest absolute Gasteiger partial charge is 0.0778 e. The highest BCUT2D eigenvalue weighted by molar-refractivity contribution is 7.17.